The van der Waals surface area contributed by atoms with Gasteiger partial charge in [0.15, 0.2) is 6.61 Å². The van der Waals surface area contributed by atoms with Crippen LogP contribution in [0.4, 0.5) is 4.79 Å². The van der Waals surface area contributed by atoms with Crippen molar-refractivity contribution in [1.82, 2.24) is 5.32 Å². The van der Waals surface area contributed by atoms with Gasteiger partial charge in [-0.15, -0.1) is 6.42 Å². The second kappa shape index (κ2) is 16.1. The van der Waals surface area contributed by atoms with E-state index in [4.69, 9.17) is 15.9 Å². The Hall–Kier alpha value is -1.70. The summed E-state index contributed by atoms with van der Waals surface area (Å²) in [4.78, 5) is 24.4. The molecule has 166 valence electrons. The molecule has 5 heteroatoms. The van der Waals surface area contributed by atoms with Crippen molar-refractivity contribution in [3.63, 3.8) is 0 Å². The Morgan fingerprint density at radius 3 is 1.90 bits per heavy atom. The third-order valence-corrected chi connectivity index (χ3v) is 5.71. The van der Waals surface area contributed by atoms with E-state index in [2.05, 4.69) is 18.2 Å². The zero-order valence-electron chi connectivity index (χ0n) is 18.4. The first-order chi connectivity index (χ1) is 14.1. The highest BCUT2D eigenvalue weighted by Crippen LogP contribution is 2.31. The number of nitrogens with one attached hydrogen (secondary N) is 1. The van der Waals surface area contributed by atoms with Crippen LogP contribution in [-0.4, -0.2) is 30.8 Å². The highest BCUT2D eigenvalue weighted by Gasteiger charge is 2.44. The van der Waals surface area contributed by atoms with Crippen molar-refractivity contribution in [2.45, 2.75) is 115 Å². The van der Waals surface area contributed by atoms with Gasteiger partial charge in [-0.05, 0) is 19.3 Å². The molecule has 5 nitrogen and oxygen atoms in total. The Bertz CT molecular complexity index is 492. The third-order valence-electron chi connectivity index (χ3n) is 5.71. The first-order valence-electron chi connectivity index (χ1n) is 11.7. The molecule has 0 aromatic rings. The van der Waals surface area contributed by atoms with Crippen molar-refractivity contribution in [3.8, 4) is 12.3 Å². The quantitative estimate of drug-likeness (QED) is 0.196. The van der Waals surface area contributed by atoms with E-state index in [9.17, 15) is 9.59 Å². The van der Waals surface area contributed by atoms with Crippen molar-refractivity contribution >= 4 is 12.1 Å². The predicted molar refractivity (Wildman–Crippen MR) is 117 cm³/mol. The van der Waals surface area contributed by atoms with Gasteiger partial charge in [0.25, 0.3) is 0 Å². The van der Waals surface area contributed by atoms with Crippen molar-refractivity contribution in [2.75, 3.05) is 13.2 Å². The van der Waals surface area contributed by atoms with E-state index in [0.29, 0.717) is 19.4 Å². The average molecular weight is 408 g/mol. The fraction of sp³-hybridized carbons (Fsp3) is 0.833. The van der Waals surface area contributed by atoms with E-state index in [0.717, 1.165) is 25.7 Å². The summed E-state index contributed by atoms with van der Waals surface area (Å²) in [7, 11) is 0. The molecule has 1 aliphatic carbocycles. The molecular weight excluding hydrogens is 366 g/mol. The maximum absolute atomic E-state index is 12.5. The topological polar surface area (TPSA) is 64.6 Å². The van der Waals surface area contributed by atoms with Gasteiger partial charge in [0.2, 0.25) is 0 Å². The van der Waals surface area contributed by atoms with Gasteiger partial charge in [0.1, 0.15) is 5.54 Å². The maximum atomic E-state index is 12.5. The summed E-state index contributed by atoms with van der Waals surface area (Å²) in [5.41, 5.74) is -0.942. The highest BCUT2D eigenvalue weighted by molar-refractivity contribution is 5.86. The van der Waals surface area contributed by atoms with Crippen LogP contribution in [0.25, 0.3) is 0 Å². The minimum atomic E-state index is -0.942. The Morgan fingerprint density at radius 1 is 0.862 bits per heavy atom. The number of rotatable bonds is 16. The Morgan fingerprint density at radius 2 is 1.38 bits per heavy atom. The molecule has 0 radical (unpaired) electrons. The van der Waals surface area contributed by atoms with Crippen LogP contribution in [0.1, 0.15) is 110 Å². The van der Waals surface area contributed by atoms with Gasteiger partial charge in [-0.25, -0.2) is 9.59 Å². The maximum Gasteiger partial charge on any atom is 0.409 e. The molecule has 0 spiro atoms. The van der Waals surface area contributed by atoms with Crippen LogP contribution in [0, 0.1) is 12.3 Å². The number of alkyl carbamates (subject to hydrolysis) is 1. The second-order valence-electron chi connectivity index (χ2n) is 8.22. The standard InChI is InChI=1S/C24H41NO4/c1-3-5-6-7-8-9-10-11-12-13-14-17-21-28-22(26)24(18-15-16-19-24)25-23(27)29-20-4-2/h2H,3,5-21H2,1H3,(H,25,27). The molecule has 0 bridgehead atoms. The summed E-state index contributed by atoms with van der Waals surface area (Å²) in [6.07, 6.45) is 22.7. The predicted octanol–water partition coefficient (Wildman–Crippen LogP) is 5.90. The molecule has 1 fully saturated rings. The largest absolute Gasteiger partial charge is 0.464 e. The Kier molecular flexibility index (Phi) is 14.1. The van der Waals surface area contributed by atoms with Crippen LogP contribution < -0.4 is 5.32 Å². The lowest BCUT2D eigenvalue weighted by molar-refractivity contribution is -0.151. The molecule has 0 aliphatic heterocycles. The smallest absolute Gasteiger partial charge is 0.409 e. The number of carbonyl (C=O) groups excluding carboxylic acids is 2. The summed E-state index contributed by atoms with van der Waals surface area (Å²) in [6.45, 7) is 2.57. The minimum absolute atomic E-state index is 0.101. The summed E-state index contributed by atoms with van der Waals surface area (Å²) >= 11 is 0. The van der Waals surface area contributed by atoms with Crippen LogP contribution >= 0.6 is 0 Å². The van der Waals surface area contributed by atoms with E-state index in [1.807, 2.05) is 0 Å². The van der Waals surface area contributed by atoms with E-state index in [1.165, 1.54) is 64.2 Å². The van der Waals surface area contributed by atoms with Crippen molar-refractivity contribution in [2.24, 2.45) is 0 Å². The number of hydrogen-bond donors (Lipinski definition) is 1. The Balaban J connectivity index is 2.07. The van der Waals surface area contributed by atoms with Crippen LogP contribution in [0.2, 0.25) is 0 Å². The molecule has 0 aromatic heterocycles. The van der Waals surface area contributed by atoms with Gasteiger partial charge in [-0.1, -0.05) is 96.3 Å². The van der Waals surface area contributed by atoms with E-state index in [1.54, 1.807) is 0 Å². The molecule has 0 aromatic carbocycles. The fourth-order valence-corrected chi connectivity index (χ4v) is 3.94. The van der Waals surface area contributed by atoms with E-state index < -0.39 is 11.6 Å². The monoisotopic (exact) mass is 407 g/mol. The van der Waals surface area contributed by atoms with Crippen molar-refractivity contribution in [3.05, 3.63) is 0 Å². The van der Waals surface area contributed by atoms with Gasteiger partial charge in [0.05, 0.1) is 6.61 Å². The lowest BCUT2D eigenvalue weighted by atomic mass is 9.98. The first-order valence-corrected chi connectivity index (χ1v) is 11.7. The van der Waals surface area contributed by atoms with Crippen LogP contribution in [-0.2, 0) is 14.3 Å². The molecule has 1 amide bonds. The number of terminal acetylenes is 1. The molecule has 1 saturated carbocycles. The number of carbonyl (C=O) groups is 2. The molecular formula is C24H41NO4. The molecule has 29 heavy (non-hydrogen) atoms. The number of amides is 1. The fourth-order valence-electron chi connectivity index (χ4n) is 3.94. The molecule has 0 heterocycles. The molecule has 0 atom stereocenters. The lowest BCUT2D eigenvalue weighted by Gasteiger charge is -2.27. The molecule has 1 aliphatic rings. The summed E-state index contributed by atoms with van der Waals surface area (Å²) < 4.78 is 10.3. The second-order valence-corrected chi connectivity index (χ2v) is 8.22. The third kappa shape index (κ3) is 11.2. The van der Waals surface area contributed by atoms with Gasteiger partial charge >= 0.3 is 12.1 Å². The van der Waals surface area contributed by atoms with Crippen LogP contribution in [0.3, 0.4) is 0 Å². The van der Waals surface area contributed by atoms with E-state index in [-0.39, 0.29) is 12.6 Å². The van der Waals surface area contributed by atoms with Crippen molar-refractivity contribution in [1.29, 1.82) is 0 Å². The number of esters is 1. The zero-order chi connectivity index (χ0) is 21.2. The van der Waals surface area contributed by atoms with Gasteiger partial charge in [-0.3, -0.25) is 0 Å². The number of unbranched alkanes of at least 4 members (excludes halogenated alkanes) is 11. The van der Waals surface area contributed by atoms with Gasteiger partial charge < -0.3 is 14.8 Å². The summed E-state index contributed by atoms with van der Waals surface area (Å²) in [6, 6.07) is 0. The summed E-state index contributed by atoms with van der Waals surface area (Å²) in [5, 5.41) is 2.69. The molecule has 0 unspecified atom stereocenters. The minimum Gasteiger partial charge on any atom is -0.464 e. The summed E-state index contributed by atoms with van der Waals surface area (Å²) in [5.74, 6) is 1.91. The van der Waals surface area contributed by atoms with Gasteiger partial charge in [0, 0.05) is 0 Å². The molecule has 1 N–H and O–H groups in total. The lowest BCUT2D eigenvalue weighted by Crippen LogP contribution is -2.53. The van der Waals surface area contributed by atoms with E-state index >= 15 is 0 Å². The Labute approximate surface area is 177 Å². The first kappa shape index (κ1) is 25.3. The average Bonchev–Trinajstić information content (AvgIpc) is 3.19. The normalized spacial score (nSPS) is 14.9. The highest BCUT2D eigenvalue weighted by atomic mass is 16.6. The van der Waals surface area contributed by atoms with Crippen LogP contribution in [0.15, 0.2) is 0 Å². The number of hydrogen-bond acceptors (Lipinski definition) is 4. The van der Waals surface area contributed by atoms with Crippen LogP contribution in [0.5, 0.6) is 0 Å². The zero-order valence-corrected chi connectivity index (χ0v) is 18.4. The van der Waals surface area contributed by atoms with Gasteiger partial charge in [-0.2, -0.15) is 0 Å². The van der Waals surface area contributed by atoms with Crippen molar-refractivity contribution < 1.29 is 19.1 Å². The SMILES string of the molecule is C#CCOC(=O)NC1(C(=O)OCCCCCCCCCCCCCC)CCCC1. The molecule has 0 saturated heterocycles. The molecule has 1 rings (SSSR count). The number of ether oxygens (including phenoxy) is 2.